The summed E-state index contributed by atoms with van der Waals surface area (Å²) in [5, 5.41) is 4.10. The quantitative estimate of drug-likeness (QED) is 0.675. The van der Waals surface area contributed by atoms with Gasteiger partial charge in [0.15, 0.2) is 5.82 Å². The number of hydrogen-bond donors (Lipinski definition) is 0. The highest BCUT2D eigenvalue weighted by Gasteiger charge is 2.33. The summed E-state index contributed by atoms with van der Waals surface area (Å²) in [7, 11) is 2.14. The normalized spacial score (nSPS) is 23.5. The Balaban J connectivity index is 1.26. The largest absolute Gasteiger partial charge is 0.341 e. The molecule has 2 amide bonds. The van der Waals surface area contributed by atoms with Gasteiger partial charge in [-0.05, 0) is 58.2 Å². The average molecular weight is 418 g/mol. The number of aromatic nitrogens is 2. The van der Waals surface area contributed by atoms with Gasteiger partial charge in [0.2, 0.25) is 17.7 Å². The second-order valence-corrected chi connectivity index (χ2v) is 9.37. The fraction of sp³-hybridized carbons (Fsp3) is 0.818. The number of carbonyl (C=O) groups excluding carboxylic acids is 2. The third-order valence-electron chi connectivity index (χ3n) is 7.18. The lowest BCUT2D eigenvalue weighted by atomic mass is 9.85. The first-order valence-corrected chi connectivity index (χ1v) is 11.6. The smallest absolute Gasteiger partial charge is 0.229 e. The number of carbonyl (C=O) groups is 2. The van der Waals surface area contributed by atoms with Crippen molar-refractivity contribution in [1.29, 1.82) is 0 Å². The van der Waals surface area contributed by atoms with E-state index in [4.69, 9.17) is 4.52 Å². The molecule has 0 spiro atoms. The van der Waals surface area contributed by atoms with Crippen LogP contribution in [0, 0.1) is 5.92 Å². The number of hydrogen-bond acceptors (Lipinski definition) is 6. The van der Waals surface area contributed by atoms with Gasteiger partial charge in [-0.3, -0.25) is 9.59 Å². The molecule has 4 rings (SSSR count). The minimum Gasteiger partial charge on any atom is -0.341 e. The Bertz CT molecular complexity index is 739. The molecule has 1 saturated carbocycles. The number of piperidine rings is 1. The van der Waals surface area contributed by atoms with E-state index < -0.39 is 0 Å². The topological polar surface area (TPSA) is 82.8 Å². The summed E-state index contributed by atoms with van der Waals surface area (Å²) in [5.41, 5.74) is 0. The molecule has 0 N–H and O–H groups in total. The van der Waals surface area contributed by atoms with Crippen LogP contribution in [0.5, 0.6) is 0 Å². The van der Waals surface area contributed by atoms with Gasteiger partial charge in [-0.25, -0.2) is 0 Å². The van der Waals surface area contributed by atoms with Crippen LogP contribution in [0.3, 0.4) is 0 Å². The van der Waals surface area contributed by atoms with Crippen molar-refractivity contribution in [2.75, 3.05) is 39.8 Å². The standard InChI is InChI=1S/C22H35N5O3/c1-16(28)27(13-9-20-23-22(30-24-20)18-4-3-5-18)19-8-12-26(15-19)21(29)14-17-6-10-25(2)11-7-17/h17-19H,3-15H2,1-2H3. The third kappa shape index (κ3) is 5.02. The van der Waals surface area contributed by atoms with Crippen molar-refractivity contribution in [2.24, 2.45) is 5.92 Å². The molecular weight excluding hydrogens is 382 g/mol. The van der Waals surface area contributed by atoms with E-state index in [2.05, 4.69) is 22.1 Å². The first-order chi connectivity index (χ1) is 14.5. The van der Waals surface area contributed by atoms with Gasteiger partial charge in [0.05, 0.1) is 6.04 Å². The van der Waals surface area contributed by atoms with Crippen LogP contribution in [0.1, 0.15) is 69.5 Å². The van der Waals surface area contributed by atoms with Crippen molar-refractivity contribution >= 4 is 11.8 Å². The van der Waals surface area contributed by atoms with Crippen molar-refractivity contribution < 1.29 is 14.1 Å². The van der Waals surface area contributed by atoms with Crippen LogP contribution in [0.25, 0.3) is 0 Å². The monoisotopic (exact) mass is 417 g/mol. The highest BCUT2D eigenvalue weighted by molar-refractivity contribution is 5.77. The lowest BCUT2D eigenvalue weighted by Gasteiger charge is -2.30. The van der Waals surface area contributed by atoms with Crippen molar-refractivity contribution in [3.05, 3.63) is 11.7 Å². The van der Waals surface area contributed by atoms with E-state index in [1.807, 2.05) is 9.80 Å². The van der Waals surface area contributed by atoms with Crippen molar-refractivity contribution in [3.8, 4) is 0 Å². The molecule has 30 heavy (non-hydrogen) atoms. The van der Waals surface area contributed by atoms with Gasteiger partial charge in [0.1, 0.15) is 0 Å². The molecule has 2 saturated heterocycles. The molecule has 0 aromatic carbocycles. The van der Waals surface area contributed by atoms with Gasteiger partial charge in [-0.1, -0.05) is 11.6 Å². The van der Waals surface area contributed by atoms with E-state index in [-0.39, 0.29) is 17.9 Å². The van der Waals surface area contributed by atoms with Crippen LogP contribution in [0.2, 0.25) is 0 Å². The van der Waals surface area contributed by atoms with Crippen LogP contribution >= 0.6 is 0 Å². The van der Waals surface area contributed by atoms with Crippen LogP contribution in [0.15, 0.2) is 4.52 Å². The van der Waals surface area contributed by atoms with Crippen molar-refractivity contribution in [2.45, 2.75) is 70.3 Å². The molecule has 8 nitrogen and oxygen atoms in total. The van der Waals surface area contributed by atoms with Crippen LogP contribution in [0.4, 0.5) is 0 Å². The Morgan fingerprint density at radius 3 is 2.57 bits per heavy atom. The maximum absolute atomic E-state index is 12.8. The molecule has 1 aromatic rings. The molecule has 0 bridgehead atoms. The highest BCUT2D eigenvalue weighted by Crippen LogP contribution is 2.35. The second kappa shape index (κ2) is 9.45. The SMILES string of the molecule is CC(=O)N(CCc1noc(C2CCC2)n1)C1CCN(C(=O)CC2CCN(C)CC2)C1. The van der Waals surface area contributed by atoms with Gasteiger partial charge in [-0.2, -0.15) is 4.98 Å². The molecule has 2 aliphatic heterocycles. The molecule has 1 atom stereocenters. The number of likely N-dealkylation sites (tertiary alicyclic amines) is 2. The highest BCUT2D eigenvalue weighted by atomic mass is 16.5. The summed E-state index contributed by atoms with van der Waals surface area (Å²) in [6, 6.07) is 0.0851. The van der Waals surface area contributed by atoms with Crippen molar-refractivity contribution in [3.63, 3.8) is 0 Å². The third-order valence-corrected chi connectivity index (χ3v) is 7.18. The second-order valence-electron chi connectivity index (χ2n) is 9.37. The lowest BCUT2D eigenvalue weighted by molar-refractivity contribution is -0.134. The molecule has 8 heteroatoms. The predicted octanol–water partition coefficient (Wildman–Crippen LogP) is 2.06. The van der Waals surface area contributed by atoms with E-state index in [9.17, 15) is 9.59 Å². The summed E-state index contributed by atoms with van der Waals surface area (Å²) in [5.74, 6) is 2.65. The fourth-order valence-corrected chi connectivity index (χ4v) is 4.87. The molecule has 166 valence electrons. The Hall–Kier alpha value is -1.96. The summed E-state index contributed by atoms with van der Waals surface area (Å²) >= 11 is 0. The summed E-state index contributed by atoms with van der Waals surface area (Å²) in [6.45, 7) is 5.73. The molecule has 0 radical (unpaired) electrons. The van der Waals surface area contributed by atoms with E-state index in [1.54, 1.807) is 6.92 Å². The van der Waals surface area contributed by atoms with Gasteiger partial charge in [-0.15, -0.1) is 0 Å². The average Bonchev–Trinajstić information content (AvgIpc) is 3.32. The van der Waals surface area contributed by atoms with Crippen molar-refractivity contribution in [1.82, 2.24) is 24.8 Å². The molecule has 3 aliphatic rings. The Morgan fingerprint density at radius 1 is 1.13 bits per heavy atom. The van der Waals surface area contributed by atoms with Gasteiger partial charge >= 0.3 is 0 Å². The van der Waals surface area contributed by atoms with Crippen LogP contribution < -0.4 is 0 Å². The van der Waals surface area contributed by atoms with E-state index in [0.29, 0.717) is 43.6 Å². The van der Waals surface area contributed by atoms with Crippen LogP contribution in [-0.2, 0) is 16.0 Å². The predicted molar refractivity (Wildman–Crippen MR) is 112 cm³/mol. The minimum absolute atomic E-state index is 0.0485. The zero-order valence-corrected chi connectivity index (χ0v) is 18.4. The summed E-state index contributed by atoms with van der Waals surface area (Å²) in [4.78, 5) is 35.8. The number of nitrogens with zero attached hydrogens (tertiary/aromatic N) is 5. The number of amides is 2. The maximum Gasteiger partial charge on any atom is 0.229 e. The van der Waals surface area contributed by atoms with Crippen LogP contribution in [-0.4, -0.2) is 82.5 Å². The zero-order chi connectivity index (χ0) is 21.1. The lowest BCUT2D eigenvalue weighted by Crippen LogP contribution is -2.43. The van der Waals surface area contributed by atoms with E-state index in [1.165, 1.54) is 6.42 Å². The fourth-order valence-electron chi connectivity index (χ4n) is 4.87. The molecule has 1 aromatic heterocycles. The Kier molecular flexibility index (Phi) is 6.71. The first kappa shape index (κ1) is 21.3. The number of rotatable bonds is 7. The maximum atomic E-state index is 12.8. The van der Waals surface area contributed by atoms with Gasteiger partial charge < -0.3 is 19.2 Å². The van der Waals surface area contributed by atoms with E-state index in [0.717, 1.165) is 57.6 Å². The minimum atomic E-state index is 0.0485. The summed E-state index contributed by atoms with van der Waals surface area (Å²) < 4.78 is 5.39. The molecule has 3 fully saturated rings. The molecule has 1 unspecified atom stereocenters. The molecular formula is C22H35N5O3. The first-order valence-electron chi connectivity index (χ1n) is 11.6. The summed E-state index contributed by atoms with van der Waals surface area (Å²) in [6.07, 6.45) is 7.78. The zero-order valence-electron chi connectivity index (χ0n) is 18.4. The molecule has 1 aliphatic carbocycles. The van der Waals surface area contributed by atoms with Gasteiger partial charge in [0, 0.05) is 45.3 Å². The van der Waals surface area contributed by atoms with Gasteiger partial charge in [0.25, 0.3) is 0 Å². The van der Waals surface area contributed by atoms with E-state index >= 15 is 0 Å². The molecule has 3 heterocycles. The Morgan fingerprint density at radius 2 is 1.90 bits per heavy atom. The Labute approximate surface area is 179 Å².